The Morgan fingerprint density at radius 1 is 1.39 bits per heavy atom. The van der Waals surface area contributed by atoms with Gasteiger partial charge in [-0.3, -0.25) is 9.59 Å². The van der Waals surface area contributed by atoms with Gasteiger partial charge in [0.1, 0.15) is 0 Å². The van der Waals surface area contributed by atoms with Crippen LogP contribution in [0.15, 0.2) is 28.7 Å². The molecule has 7 heteroatoms. The molecule has 1 aromatic rings. The van der Waals surface area contributed by atoms with Crippen molar-refractivity contribution in [3.05, 3.63) is 34.3 Å². The topological polar surface area (TPSA) is 61.4 Å². The third-order valence-corrected chi connectivity index (χ3v) is 4.47. The number of benzene rings is 1. The predicted molar refractivity (Wildman–Crippen MR) is 94.4 cm³/mol. The summed E-state index contributed by atoms with van der Waals surface area (Å²) in [6.07, 6.45) is 2.35. The van der Waals surface area contributed by atoms with E-state index in [1.807, 2.05) is 29.2 Å². The van der Waals surface area contributed by atoms with E-state index in [9.17, 15) is 9.59 Å². The van der Waals surface area contributed by atoms with Crippen LogP contribution in [0.4, 0.5) is 0 Å². The van der Waals surface area contributed by atoms with Crippen LogP contribution in [0.2, 0.25) is 0 Å². The van der Waals surface area contributed by atoms with Crippen LogP contribution in [-0.2, 0) is 16.1 Å². The van der Waals surface area contributed by atoms with Gasteiger partial charge in [0.15, 0.2) is 0 Å². The number of nitrogens with zero attached hydrogens (tertiary/aromatic N) is 1. The number of piperazine rings is 1. The number of carbonyl (C=O) groups is 2. The summed E-state index contributed by atoms with van der Waals surface area (Å²) in [6, 6.07) is 7.89. The van der Waals surface area contributed by atoms with Gasteiger partial charge in [-0.15, -0.1) is 12.4 Å². The fourth-order valence-electron chi connectivity index (χ4n) is 2.66. The first kappa shape index (κ1) is 18.2. The molecule has 0 aromatic heterocycles. The van der Waals surface area contributed by atoms with E-state index in [2.05, 4.69) is 26.6 Å². The molecule has 5 nitrogen and oxygen atoms in total. The summed E-state index contributed by atoms with van der Waals surface area (Å²) in [4.78, 5) is 26.2. The van der Waals surface area contributed by atoms with Crippen molar-refractivity contribution in [1.82, 2.24) is 15.5 Å². The molecule has 1 aromatic carbocycles. The summed E-state index contributed by atoms with van der Waals surface area (Å²) < 4.78 is 1.01. The van der Waals surface area contributed by atoms with E-state index in [0.29, 0.717) is 19.1 Å². The molecule has 0 radical (unpaired) electrons. The zero-order chi connectivity index (χ0) is 15.5. The number of halogens is 2. The SMILES string of the molecule is Cl.O=C(CC1NCCN(Cc2cccc(Br)c2)C1=O)NC1CC1. The van der Waals surface area contributed by atoms with Crippen molar-refractivity contribution in [2.24, 2.45) is 0 Å². The van der Waals surface area contributed by atoms with Crippen molar-refractivity contribution >= 4 is 40.2 Å². The minimum atomic E-state index is -0.403. The highest BCUT2D eigenvalue weighted by atomic mass is 79.9. The van der Waals surface area contributed by atoms with Crippen LogP contribution in [0.3, 0.4) is 0 Å². The summed E-state index contributed by atoms with van der Waals surface area (Å²) in [5, 5.41) is 6.10. The number of amides is 2. The molecular weight excluding hydrogens is 382 g/mol. The third kappa shape index (κ3) is 5.19. The highest BCUT2D eigenvalue weighted by Gasteiger charge is 2.31. The van der Waals surface area contributed by atoms with Crippen LogP contribution in [0, 0.1) is 0 Å². The largest absolute Gasteiger partial charge is 0.353 e. The lowest BCUT2D eigenvalue weighted by Gasteiger charge is -2.33. The average molecular weight is 403 g/mol. The molecule has 2 N–H and O–H groups in total. The van der Waals surface area contributed by atoms with Crippen molar-refractivity contribution in [2.45, 2.75) is 37.9 Å². The Morgan fingerprint density at radius 2 is 2.17 bits per heavy atom. The normalized spacial score (nSPS) is 20.8. The lowest BCUT2D eigenvalue weighted by atomic mass is 10.1. The van der Waals surface area contributed by atoms with Gasteiger partial charge in [-0.1, -0.05) is 28.1 Å². The van der Waals surface area contributed by atoms with Crippen LogP contribution in [0.1, 0.15) is 24.8 Å². The van der Waals surface area contributed by atoms with E-state index in [1.165, 1.54) is 0 Å². The van der Waals surface area contributed by atoms with Gasteiger partial charge in [0, 0.05) is 30.1 Å². The Balaban J connectivity index is 0.00000192. The molecule has 1 heterocycles. The molecule has 2 aliphatic rings. The molecule has 0 bridgehead atoms. The van der Waals surface area contributed by atoms with E-state index in [0.717, 1.165) is 29.4 Å². The molecule has 23 heavy (non-hydrogen) atoms. The highest BCUT2D eigenvalue weighted by Crippen LogP contribution is 2.19. The summed E-state index contributed by atoms with van der Waals surface area (Å²) in [5.74, 6) is -0.0187. The van der Waals surface area contributed by atoms with Gasteiger partial charge in [-0.05, 0) is 30.5 Å². The van der Waals surface area contributed by atoms with Gasteiger partial charge in [-0.2, -0.15) is 0 Å². The van der Waals surface area contributed by atoms with Gasteiger partial charge in [0.25, 0.3) is 0 Å². The second-order valence-corrected chi connectivity index (χ2v) is 6.86. The third-order valence-electron chi connectivity index (χ3n) is 3.98. The number of hydrogen-bond acceptors (Lipinski definition) is 3. The molecule has 1 unspecified atom stereocenters. The molecule has 2 amide bonds. The van der Waals surface area contributed by atoms with Crippen LogP contribution < -0.4 is 10.6 Å². The minimum absolute atomic E-state index is 0. The smallest absolute Gasteiger partial charge is 0.240 e. The molecule has 0 spiro atoms. The van der Waals surface area contributed by atoms with E-state index in [1.54, 1.807) is 0 Å². The van der Waals surface area contributed by atoms with Gasteiger partial charge in [0.2, 0.25) is 11.8 Å². The molecule has 126 valence electrons. The van der Waals surface area contributed by atoms with Gasteiger partial charge in [-0.25, -0.2) is 0 Å². The summed E-state index contributed by atoms with van der Waals surface area (Å²) >= 11 is 3.45. The Labute approximate surface area is 150 Å². The lowest BCUT2D eigenvalue weighted by Crippen LogP contribution is -2.55. The van der Waals surface area contributed by atoms with Crippen molar-refractivity contribution in [2.75, 3.05) is 13.1 Å². The highest BCUT2D eigenvalue weighted by molar-refractivity contribution is 9.10. The molecule has 2 fully saturated rings. The molecular formula is C16H21BrClN3O2. The Bertz CT molecular complexity index is 580. The average Bonchev–Trinajstić information content (AvgIpc) is 3.27. The van der Waals surface area contributed by atoms with Crippen LogP contribution >= 0.6 is 28.3 Å². The lowest BCUT2D eigenvalue weighted by molar-refractivity contribution is -0.138. The van der Waals surface area contributed by atoms with Crippen LogP contribution in [0.25, 0.3) is 0 Å². The molecule has 3 rings (SSSR count). The molecule has 1 saturated heterocycles. The first-order chi connectivity index (χ1) is 10.6. The maximum Gasteiger partial charge on any atom is 0.240 e. The summed E-state index contributed by atoms with van der Waals surface area (Å²) in [5.41, 5.74) is 1.09. The first-order valence-electron chi connectivity index (χ1n) is 7.68. The first-order valence-corrected chi connectivity index (χ1v) is 8.47. The molecule has 1 aliphatic heterocycles. The van der Waals surface area contributed by atoms with Crippen LogP contribution in [-0.4, -0.2) is 41.9 Å². The van der Waals surface area contributed by atoms with E-state index < -0.39 is 6.04 Å². The standard InChI is InChI=1S/C16H20BrN3O2.ClH/c17-12-3-1-2-11(8-12)10-20-7-6-18-14(16(20)22)9-15(21)19-13-4-5-13;/h1-3,8,13-14,18H,4-7,9-10H2,(H,19,21);1H. The van der Waals surface area contributed by atoms with E-state index in [-0.39, 0.29) is 30.6 Å². The van der Waals surface area contributed by atoms with Crippen molar-refractivity contribution in [3.63, 3.8) is 0 Å². The van der Waals surface area contributed by atoms with Crippen molar-refractivity contribution in [1.29, 1.82) is 0 Å². The maximum absolute atomic E-state index is 12.5. The van der Waals surface area contributed by atoms with Crippen molar-refractivity contribution < 1.29 is 9.59 Å². The Kier molecular flexibility index (Phi) is 6.44. The van der Waals surface area contributed by atoms with E-state index >= 15 is 0 Å². The quantitative estimate of drug-likeness (QED) is 0.790. The summed E-state index contributed by atoms with van der Waals surface area (Å²) in [6.45, 7) is 1.98. The van der Waals surface area contributed by atoms with Crippen molar-refractivity contribution in [3.8, 4) is 0 Å². The van der Waals surface area contributed by atoms with Crippen LogP contribution in [0.5, 0.6) is 0 Å². The molecule has 1 saturated carbocycles. The number of carbonyl (C=O) groups excluding carboxylic acids is 2. The Hall–Kier alpha value is -1.11. The molecule has 1 atom stereocenters. The summed E-state index contributed by atoms with van der Waals surface area (Å²) in [7, 11) is 0. The number of nitrogens with one attached hydrogen (secondary N) is 2. The number of rotatable bonds is 5. The zero-order valence-corrected chi connectivity index (χ0v) is 15.2. The second-order valence-electron chi connectivity index (χ2n) is 5.94. The van der Waals surface area contributed by atoms with Gasteiger partial charge < -0.3 is 15.5 Å². The maximum atomic E-state index is 12.5. The second kappa shape index (κ2) is 8.13. The minimum Gasteiger partial charge on any atom is -0.353 e. The van der Waals surface area contributed by atoms with Gasteiger partial charge in [0.05, 0.1) is 12.5 Å². The fourth-order valence-corrected chi connectivity index (χ4v) is 3.11. The Morgan fingerprint density at radius 3 is 2.87 bits per heavy atom. The monoisotopic (exact) mass is 401 g/mol. The van der Waals surface area contributed by atoms with Gasteiger partial charge >= 0.3 is 0 Å². The number of hydrogen-bond donors (Lipinski definition) is 2. The molecule has 1 aliphatic carbocycles. The predicted octanol–water partition coefficient (Wildman–Crippen LogP) is 1.84. The zero-order valence-electron chi connectivity index (χ0n) is 12.8. The van der Waals surface area contributed by atoms with E-state index in [4.69, 9.17) is 0 Å². The fraction of sp³-hybridized carbons (Fsp3) is 0.500.